The maximum absolute atomic E-state index is 13.0. The van der Waals surface area contributed by atoms with Crippen molar-refractivity contribution in [3.05, 3.63) is 41.7 Å². The Balaban J connectivity index is 1.70. The molecule has 1 N–H and O–H groups in total. The summed E-state index contributed by atoms with van der Waals surface area (Å²) in [4.78, 5) is 27.0. The summed E-state index contributed by atoms with van der Waals surface area (Å²) < 4.78 is 5.30. The van der Waals surface area contributed by atoms with Crippen molar-refractivity contribution in [2.24, 2.45) is 5.92 Å². The highest BCUT2D eigenvalue weighted by Crippen LogP contribution is 2.28. The minimum Gasteiger partial charge on any atom is -0.360 e. The number of piperidine rings is 1. The van der Waals surface area contributed by atoms with Gasteiger partial charge in [-0.15, -0.1) is 0 Å². The molecule has 2 heterocycles. The van der Waals surface area contributed by atoms with Crippen LogP contribution in [0.4, 0.5) is 0 Å². The lowest BCUT2D eigenvalue weighted by Gasteiger charge is -2.31. The van der Waals surface area contributed by atoms with Crippen molar-refractivity contribution in [3.63, 3.8) is 0 Å². The third kappa shape index (κ3) is 3.79. The van der Waals surface area contributed by atoms with Gasteiger partial charge in [0.15, 0.2) is 0 Å². The summed E-state index contributed by atoms with van der Waals surface area (Å²) >= 11 is 0. The molecular weight excluding hydrogens is 330 g/mol. The standard InChI is InChI=1S/C20H25N3O3/c1-3-11-21-19(24)16-9-12-23(13-10-16)20(25)17-14(2)26-22-18(17)15-7-5-4-6-8-15/h4-8,16H,3,9-13H2,1-2H3,(H,21,24). The quantitative estimate of drug-likeness (QED) is 0.894. The molecule has 0 bridgehead atoms. The third-order valence-electron chi connectivity index (χ3n) is 4.83. The summed E-state index contributed by atoms with van der Waals surface area (Å²) in [7, 11) is 0. The molecule has 26 heavy (non-hydrogen) atoms. The fourth-order valence-corrected chi connectivity index (χ4v) is 3.31. The van der Waals surface area contributed by atoms with Gasteiger partial charge in [-0.2, -0.15) is 0 Å². The maximum Gasteiger partial charge on any atom is 0.259 e. The van der Waals surface area contributed by atoms with Crippen LogP contribution in [0.2, 0.25) is 0 Å². The fraction of sp³-hybridized carbons (Fsp3) is 0.450. The Kier molecular flexibility index (Phi) is 5.71. The number of likely N-dealkylation sites (tertiary alicyclic amines) is 1. The van der Waals surface area contributed by atoms with Crippen molar-refractivity contribution < 1.29 is 14.1 Å². The van der Waals surface area contributed by atoms with Gasteiger partial charge in [-0.25, -0.2) is 0 Å². The lowest BCUT2D eigenvalue weighted by Crippen LogP contribution is -2.43. The van der Waals surface area contributed by atoms with Crippen LogP contribution in [0.3, 0.4) is 0 Å². The first-order valence-corrected chi connectivity index (χ1v) is 9.20. The summed E-state index contributed by atoms with van der Waals surface area (Å²) in [6.45, 7) is 5.65. The van der Waals surface area contributed by atoms with Crippen LogP contribution in [0, 0.1) is 12.8 Å². The number of rotatable bonds is 5. The summed E-state index contributed by atoms with van der Waals surface area (Å²) in [5, 5.41) is 7.04. The highest BCUT2D eigenvalue weighted by molar-refractivity contribution is 6.00. The van der Waals surface area contributed by atoms with Gasteiger partial charge < -0.3 is 14.7 Å². The fourth-order valence-electron chi connectivity index (χ4n) is 3.31. The number of carbonyl (C=O) groups excluding carboxylic acids is 2. The molecule has 0 spiro atoms. The monoisotopic (exact) mass is 355 g/mol. The van der Waals surface area contributed by atoms with E-state index in [0.717, 1.165) is 12.0 Å². The van der Waals surface area contributed by atoms with Crippen LogP contribution in [0.25, 0.3) is 11.3 Å². The van der Waals surface area contributed by atoms with E-state index in [1.54, 1.807) is 11.8 Å². The minimum atomic E-state index is -0.0741. The second kappa shape index (κ2) is 8.17. The molecule has 1 aromatic carbocycles. The van der Waals surface area contributed by atoms with Gasteiger partial charge in [0.1, 0.15) is 17.0 Å². The first-order valence-electron chi connectivity index (χ1n) is 9.20. The molecule has 1 fully saturated rings. The molecular formula is C20H25N3O3. The second-order valence-corrected chi connectivity index (χ2v) is 6.69. The largest absolute Gasteiger partial charge is 0.360 e. The summed E-state index contributed by atoms with van der Waals surface area (Å²) in [5.41, 5.74) is 1.96. The van der Waals surface area contributed by atoms with Crippen LogP contribution >= 0.6 is 0 Å². The number of amides is 2. The van der Waals surface area contributed by atoms with Gasteiger partial charge in [-0.1, -0.05) is 42.4 Å². The van der Waals surface area contributed by atoms with Crippen LogP contribution in [0.5, 0.6) is 0 Å². The number of nitrogens with zero attached hydrogens (tertiary/aromatic N) is 2. The first-order chi connectivity index (χ1) is 12.6. The number of aryl methyl sites for hydroxylation is 1. The molecule has 1 aliphatic rings. The molecule has 1 aliphatic heterocycles. The number of benzene rings is 1. The van der Waals surface area contributed by atoms with Crippen LogP contribution in [-0.2, 0) is 4.79 Å². The Morgan fingerprint density at radius 2 is 1.92 bits per heavy atom. The van der Waals surface area contributed by atoms with Crippen LogP contribution in [-0.4, -0.2) is 41.5 Å². The van der Waals surface area contributed by atoms with E-state index in [0.29, 0.717) is 49.5 Å². The van der Waals surface area contributed by atoms with Crippen molar-refractivity contribution in [3.8, 4) is 11.3 Å². The van der Waals surface area contributed by atoms with Crippen LogP contribution in [0.1, 0.15) is 42.3 Å². The molecule has 6 heteroatoms. The number of hydrogen-bond acceptors (Lipinski definition) is 4. The van der Waals surface area contributed by atoms with Gasteiger partial charge in [0.2, 0.25) is 5.91 Å². The zero-order chi connectivity index (χ0) is 18.5. The molecule has 138 valence electrons. The maximum atomic E-state index is 13.0. The molecule has 0 aliphatic carbocycles. The molecule has 3 rings (SSSR count). The highest BCUT2D eigenvalue weighted by atomic mass is 16.5. The Bertz CT molecular complexity index is 762. The normalized spacial score (nSPS) is 15.1. The highest BCUT2D eigenvalue weighted by Gasteiger charge is 2.31. The molecule has 0 unspecified atom stereocenters. The van der Waals surface area contributed by atoms with Gasteiger partial charge >= 0.3 is 0 Å². The molecule has 0 radical (unpaired) electrons. The van der Waals surface area contributed by atoms with E-state index in [9.17, 15) is 9.59 Å². The summed E-state index contributed by atoms with van der Waals surface area (Å²) in [5.74, 6) is 0.541. The Morgan fingerprint density at radius 3 is 2.58 bits per heavy atom. The van der Waals surface area contributed by atoms with E-state index in [-0.39, 0.29) is 17.7 Å². The summed E-state index contributed by atoms with van der Waals surface area (Å²) in [6, 6.07) is 9.57. The average Bonchev–Trinajstić information content (AvgIpc) is 3.07. The zero-order valence-corrected chi connectivity index (χ0v) is 15.3. The number of aromatic nitrogens is 1. The molecule has 1 saturated heterocycles. The predicted molar refractivity (Wildman–Crippen MR) is 98.6 cm³/mol. The van der Waals surface area contributed by atoms with E-state index in [1.165, 1.54) is 0 Å². The predicted octanol–water partition coefficient (Wildman–Crippen LogP) is 3.03. The number of hydrogen-bond donors (Lipinski definition) is 1. The van der Waals surface area contributed by atoms with Gasteiger partial charge in [-0.05, 0) is 26.2 Å². The number of nitrogens with one attached hydrogen (secondary N) is 1. The van der Waals surface area contributed by atoms with Crippen LogP contribution in [0.15, 0.2) is 34.9 Å². The third-order valence-corrected chi connectivity index (χ3v) is 4.83. The Labute approximate surface area is 153 Å². The van der Waals surface area contributed by atoms with Gasteiger partial charge in [0.25, 0.3) is 5.91 Å². The van der Waals surface area contributed by atoms with Crippen LogP contribution < -0.4 is 5.32 Å². The van der Waals surface area contributed by atoms with Crippen molar-refractivity contribution in [1.29, 1.82) is 0 Å². The van der Waals surface area contributed by atoms with Gasteiger partial charge in [-0.3, -0.25) is 9.59 Å². The average molecular weight is 355 g/mol. The molecule has 2 aromatic rings. The second-order valence-electron chi connectivity index (χ2n) is 6.69. The minimum absolute atomic E-state index is 0.0113. The number of carbonyl (C=O) groups is 2. The molecule has 1 aromatic heterocycles. The van der Waals surface area contributed by atoms with Gasteiger partial charge in [0.05, 0.1) is 0 Å². The zero-order valence-electron chi connectivity index (χ0n) is 15.3. The van der Waals surface area contributed by atoms with Crippen molar-refractivity contribution in [2.45, 2.75) is 33.1 Å². The Morgan fingerprint density at radius 1 is 1.23 bits per heavy atom. The van der Waals surface area contributed by atoms with E-state index in [4.69, 9.17) is 4.52 Å². The molecule has 6 nitrogen and oxygen atoms in total. The molecule has 0 atom stereocenters. The SMILES string of the molecule is CCCNC(=O)C1CCN(C(=O)c2c(-c3ccccc3)noc2C)CC1. The van der Waals surface area contributed by atoms with E-state index >= 15 is 0 Å². The lowest BCUT2D eigenvalue weighted by molar-refractivity contribution is -0.126. The van der Waals surface area contributed by atoms with Crippen molar-refractivity contribution >= 4 is 11.8 Å². The van der Waals surface area contributed by atoms with Gasteiger partial charge in [0, 0.05) is 31.1 Å². The van der Waals surface area contributed by atoms with E-state index in [1.807, 2.05) is 37.3 Å². The Hall–Kier alpha value is -2.63. The summed E-state index contributed by atoms with van der Waals surface area (Å²) in [6.07, 6.45) is 2.30. The van der Waals surface area contributed by atoms with Crippen molar-refractivity contribution in [1.82, 2.24) is 15.4 Å². The first kappa shape index (κ1) is 18.2. The van der Waals surface area contributed by atoms with Crippen molar-refractivity contribution in [2.75, 3.05) is 19.6 Å². The van der Waals surface area contributed by atoms with E-state index < -0.39 is 0 Å². The lowest BCUT2D eigenvalue weighted by atomic mass is 9.95. The topological polar surface area (TPSA) is 75.4 Å². The van der Waals surface area contributed by atoms with E-state index in [2.05, 4.69) is 10.5 Å². The molecule has 2 amide bonds. The molecule has 0 saturated carbocycles. The smallest absolute Gasteiger partial charge is 0.259 e.